The van der Waals surface area contributed by atoms with Crippen LogP contribution in [0.4, 0.5) is 17.1 Å². The Morgan fingerprint density at radius 2 is 1.12 bits per heavy atom. The maximum absolute atomic E-state index is 6.69. The van der Waals surface area contributed by atoms with Gasteiger partial charge in [-0.15, -0.1) is 0 Å². The molecule has 0 bridgehead atoms. The molecule has 7 aromatic carbocycles. The fraction of sp³-hybridized carbons (Fsp3) is 0. The van der Waals surface area contributed by atoms with E-state index in [4.69, 9.17) is 9.72 Å². The lowest BCUT2D eigenvalue weighted by atomic mass is 10.1. The summed E-state index contributed by atoms with van der Waals surface area (Å²) in [6.45, 7) is 0. The monoisotopic (exact) mass is 760 g/mol. The smallest absolute Gasteiger partial charge is 0.186 e. The van der Waals surface area contributed by atoms with Crippen molar-refractivity contribution < 1.29 is 4.74 Å². The van der Waals surface area contributed by atoms with E-state index in [-0.39, 0.29) is 0 Å². The van der Waals surface area contributed by atoms with Crippen molar-refractivity contribution in [3.05, 3.63) is 219 Å². The molecule has 3 aromatic heterocycles. The average molecular weight is 761 g/mol. The van der Waals surface area contributed by atoms with E-state index in [0.29, 0.717) is 0 Å². The van der Waals surface area contributed by atoms with E-state index >= 15 is 0 Å². The summed E-state index contributed by atoms with van der Waals surface area (Å²) < 4.78 is 9.07. The lowest BCUT2D eigenvalue weighted by Gasteiger charge is -2.45. The van der Waals surface area contributed by atoms with Crippen LogP contribution in [0.25, 0.3) is 38.9 Å². The zero-order valence-electron chi connectivity index (χ0n) is 31.5. The summed E-state index contributed by atoms with van der Waals surface area (Å²) in [4.78, 5) is 12.1. The number of fused-ring (bicyclic) bond motifs is 6. The molecular weight excluding hydrogens is 725 g/mol. The molecule has 0 N–H and O–H groups in total. The van der Waals surface area contributed by atoms with Gasteiger partial charge in [0.2, 0.25) is 0 Å². The van der Waals surface area contributed by atoms with Gasteiger partial charge in [-0.25, -0.2) is 4.98 Å². The quantitative estimate of drug-likeness (QED) is 0.152. The maximum atomic E-state index is 6.69. The van der Waals surface area contributed by atoms with Crippen LogP contribution in [0.15, 0.2) is 219 Å². The number of hydrogen-bond donors (Lipinski definition) is 0. The van der Waals surface area contributed by atoms with Crippen molar-refractivity contribution in [2.45, 2.75) is 0 Å². The Labute approximate surface area is 337 Å². The number of rotatable bonds is 7. The Hall–Kier alpha value is -7.54. The van der Waals surface area contributed by atoms with Crippen molar-refractivity contribution in [3.8, 4) is 28.6 Å². The lowest BCUT2D eigenvalue weighted by molar-refractivity contribution is 0.483. The third kappa shape index (κ3) is 5.30. The highest BCUT2D eigenvalue weighted by atomic mass is 28.3. The van der Waals surface area contributed by atoms with Crippen molar-refractivity contribution in [3.63, 3.8) is 0 Å². The minimum atomic E-state index is -3.08. The Kier molecular flexibility index (Phi) is 8.08. The molecule has 58 heavy (non-hydrogen) atoms. The number of hydrogen-bond acceptors (Lipinski definition) is 4. The predicted molar refractivity (Wildman–Crippen MR) is 240 cm³/mol. The van der Waals surface area contributed by atoms with E-state index in [0.717, 1.165) is 50.7 Å². The predicted octanol–water partition coefficient (Wildman–Crippen LogP) is 10.2. The van der Waals surface area contributed by atoms with Gasteiger partial charge in [-0.3, -0.25) is 9.55 Å². The third-order valence-electron chi connectivity index (χ3n) is 11.4. The summed E-state index contributed by atoms with van der Waals surface area (Å²) in [6, 6.07) is 73.6. The standard InChI is InChI=1S/C52H36N4OSi/c1-4-18-38(19-5-1)55-46-26-10-11-27-49(46)58(41-21-6-2-7-22-41,42-23-8-3-9-24-42)52-47(55)32-31-44-43-30-29-40(36-48(43)56(51(44)52)50-28-13-15-34-54-50)57-39-20-16-17-37(35-39)45-25-12-14-33-53-45/h1-36H. The second-order valence-electron chi connectivity index (χ2n) is 14.6. The highest BCUT2D eigenvalue weighted by Crippen LogP contribution is 2.43. The number of para-hydroxylation sites is 2. The number of aromatic nitrogens is 3. The lowest BCUT2D eigenvalue weighted by Crippen LogP contribution is -2.77. The number of anilines is 3. The van der Waals surface area contributed by atoms with Crippen LogP contribution in [0.5, 0.6) is 11.5 Å². The molecule has 6 heteroatoms. The van der Waals surface area contributed by atoms with Gasteiger partial charge >= 0.3 is 0 Å². The number of benzene rings is 7. The molecule has 10 aromatic rings. The zero-order valence-corrected chi connectivity index (χ0v) is 32.5. The van der Waals surface area contributed by atoms with Gasteiger partial charge in [0.15, 0.2) is 8.07 Å². The molecule has 0 saturated carbocycles. The summed E-state index contributed by atoms with van der Waals surface area (Å²) in [5.74, 6) is 2.33. The summed E-state index contributed by atoms with van der Waals surface area (Å²) in [5.41, 5.74) is 7.55. The normalized spacial score (nSPS) is 12.9. The summed E-state index contributed by atoms with van der Waals surface area (Å²) >= 11 is 0. The molecule has 5 nitrogen and oxygen atoms in total. The van der Waals surface area contributed by atoms with Crippen molar-refractivity contribution in [2.24, 2.45) is 0 Å². The first-order valence-electron chi connectivity index (χ1n) is 19.6. The van der Waals surface area contributed by atoms with Crippen LogP contribution in [0.2, 0.25) is 0 Å². The highest BCUT2D eigenvalue weighted by Gasteiger charge is 2.50. The second kappa shape index (κ2) is 13.9. The van der Waals surface area contributed by atoms with Gasteiger partial charge in [0.05, 0.1) is 16.7 Å². The van der Waals surface area contributed by atoms with Crippen LogP contribution in [0, 0.1) is 0 Å². The molecule has 1 aliphatic heterocycles. The molecule has 0 atom stereocenters. The molecule has 1 aliphatic rings. The Bertz CT molecular complexity index is 3040. The van der Waals surface area contributed by atoms with E-state index < -0.39 is 8.07 Å². The third-order valence-corrected chi connectivity index (χ3v) is 16.3. The molecule has 0 fully saturated rings. The molecule has 274 valence electrons. The van der Waals surface area contributed by atoms with Gasteiger partial charge in [0.25, 0.3) is 0 Å². The van der Waals surface area contributed by atoms with Crippen LogP contribution in [-0.4, -0.2) is 22.6 Å². The molecule has 11 rings (SSSR count). The number of ether oxygens (including phenoxy) is 1. The van der Waals surface area contributed by atoms with Crippen LogP contribution in [-0.2, 0) is 0 Å². The van der Waals surface area contributed by atoms with E-state index in [2.05, 4.69) is 178 Å². The minimum absolute atomic E-state index is 0.741. The summed E-state index contributed by atoms with van der Waals surface area (Å²) in [5, 5.41) is 7.60. The average Bonchev–Trinajstić information content (AvgIpc) is 3.63. The first kappa shape index (κ1) is 33.8. The van der Waals surface area contributed by atoms with Gasteiger partial charge < -0.3 is 9.64 Å². The van der Waals surface area contributed by atoms with Gasteiger partial charge in [-0.1, -0.05) is 127 Å². The van der Waals surface area contributed by atoms with E-state index in [1.807, 2.05) is 54.9 Å². The van der Waals surface area contributed by atoms with E-state index in [1.54, 1.807) is 0 Å². The molecule has 0 saturated heterocycles. The number of pyridine rings is 2. The molecular formula is C52H36N4OSi. The minimum Gasteiger partial charge on any atom is -0.457 e. The highest BCUT2D eigenvalue weighted by molar-refractivity contribution is 7.22. The second-order valence-corrected chi connectivity index (χ2v) is 18.3. The van der Waals surface area contributed by atoms with Crippen LogP contribution in [0.3, 0.4) is 0 Å². The molecule has 0 aliphatic carbocycles. The van der Waals surface area contributed by atoms with Crippen molar-refractivity contribution >= 4 is 67.7 Å². The summed E-state index contributed by atoms with van der Waals surface area (Å²) in [6.07, 6.45) is 3.70. The Balaban J connectivity index is 1.25. The SMILES string of the molecule is c1ccc(N2c3ccccc3[Si](c3ccccc3)(c3ccccc3)c3c2ccc2c4ccc(Oc5cccc(-c6ccccn6)c5)cc4n(-c4ccccn4)c32)cc1. The summed E-state index contributed by atoms with van der Waals surface area (Å²) in [7, 11) is -3.08. The topological polar surface area (TPSA) is 43.2 Å². The molecule has 0 spiro atoms. The molecule has 0 radical (unpaired) electrons. The molecule has 4 heterocycles. The molecule has 0 unspecified atom stereocenters. The van der Waals surface area contributed by atoms with Crippen LogP contribution >= 0.6 is 0 Å². The van der Waals surface area contributed by atoms with Crippen LogP contribution < -0.4 is 30.4 Å². The van der Waals surface area contributed by atoms with Gasteiger partial charge in [-0.05, 0) is 88.4 Å². The molecule has 0 amide bonds. The first-order chi connectivity index (χ1) is 28.8. The van der Waals surface area contributed by atoms with E-state index in [1.165, 1.54) is 37.5 Å². The van der Waals surface area contributed by atoms with Gasteiger partial charge in [0.1, 0.15) is 17.3 Å². The van der Waals surface area contributed by atoms with Crippen LogP contribution in [0.1, 0.15) is 0 Å². The Morgan fingerprint density at radius 1 is 0.466 bits per heavy atom. The van der Waals surface area contributed by atoms with Crippen molar-refractivity contribution in [2.75, 3.05) is 4.90 Å². The Morgan fingerprint density at radius 3 is 1.84 bits per heavy atom. The maximum Gasteiger partial charge on any atom is 0.186 e. The van der Waals surface area contributed by atoms with Gasteiger partial charge in [-0.2, -0.15) is 0 Å². The van der Waals surface area contributed by atoms with Gasteiger partial charge in [0, 0.05) is 57.0 Å². The van der Waals surface area contributed by atoms with Crippen molar-refractivity contribution in [1.29, 1.82) is 0 Å². The number of nitrogens with zero attached hydrogens (tertiary/aromatic N) is 4. The largest absolute Gasteiger partial charge is 0.457 e. The fourth-order valence-electron chi connectivity index (χ4n) is 9.05. The van der Waals surface area contributed by atoms with Crippen molar-refractivity contribution in [1.82, 2.24) is 14.5 Å². The first-order valence-corrected chi connectivity index (χ1v) is 21.6. The van der Waals surface area contributed by atoms with E-state index in [9.17, 15) is 0 Å². The zero-order chi connectivity index (χ0) is 38.5. The fourth-order valence-corrected chi connectivity index (χ4v) is 14.3.